The van der Waals surface area contributed by atoms with E-state index in [0.29, 0.717) is 18.1 Å². The van der Waals surface area contributed by atoms with E-state index in [2.05, 4.69) is 15.5 Å². The van der Waals surface area contributed by atoms with E-state index in [4.69, 9.17) is 21.1 Å². The van der Waals surface area contributed by atoms with E-state index in [0.717, 1.165) is 6.42 Å². The summed E-state index contributed by atoms with van der Waals surface area (Å²) in [4.78, 5) is 10.8. The normalized spacial score (nSPS) is 12.5. The predicted molar refractivity (Wildman–Crippen MR) is 66.6 cm³/mol. The molecule has 7 nitrogen and oxygen atoms in total. The van der Waals surface area contributed by atoms with Gasteiger partial charge in [0.05, 0.1) is 0 Å². The first kappa shape index (κ1) is 13.5. The second-order valence-electron chi connectivity index (χ2n) is 4.16. The monoisotopic (exact) mass is 284 g/mol. The molecule has 0 aromatic carbocycles. The Kier molecular flexibility index (Phi) is 4.16. The summed E-state index contributed by atoms with van der Waals surface area (Å²) in [6.45, 7) is 2.35. The van der Waals surface area contributed by atoms with Crippen LogP contribution in [0.1, 0.15) is 19.8 Å². The van der Waals surface area contributed by atoms with Crippen molar-refractivity contribution in [2.24, 2.45) is 5.92 Å². The Morgan fingerprint density at radius 1 is 1.58 bits per heavy atom. The average molecular weight is 285 g/mol. The standard InChI is InChI=1S/C11H13ClN4O3/c1-2-7(5-10(17)18)6-16-11(13-14-15-16)8-3-4-9(12)19-8/h3-4,7H,2,5-6H2,1H3,(H,17,18). The summed E-state index contributed by atoms with van der Waals surface area (Å²) in [6, 6.07) is 3.27. The molecule has 0 saturated heterocycles. The number of aromatic nitrogens is 4. The number of carbonyl (C=O) groups is 1. The second kappa shape index (κ2) is 5.83. The molecule has 2 rings (SSSR count). The van der Waals surface area contributed by atoms with Gasteiger partial charge in [-0.15, -0.1) is 5.10 Å². The van der Waals surface area contributed by atoms with Gasteiger partial charge in [0.25, 0.3) is 0 Å². The number of tetrazole rings is 1. The van der Waals surface area contributed by atoms with Crippen molar-refractivity contribution in [3.8, 4) is 11.6 Å². The third kappa shape index (κ3) is 3.31. The van der Waals surface area contributed by atoms with Crippen LogP contribution in [0.4, 0.5) is 0 Å². The number of nitrogens with zero attached hydrogens (tertiary/aromatic N) is 4. The lowest BCUT2D eigenvalue weighted by molar-refractivity contribution is -0.138. The van der Waals surface area contributed by atoms with E-state index in [1.165, 1.54) is 4.68 Å². The first-order valence-electron chi connectivity index (χ1n) is 5.83. The van der Waals surface area contributed by atoms with Crippen molar-refractivity contribution in [2.45, 2.75) is 26.3 Å². The lowest BCUT2D eigenvalue weighted by Gasteiger charge is -2.12. The Morgan fingerprint density at radius 2 is 2.37 bits per heavy atom. The summed E-state index contributed by atoms with van der Waals surface area (Å²) >= 11 is 5.71. The molecule has 0 aliphatic rings. The van der Waals surface area contributed by atoms with Gasteiger partial charge >= 0.3 is 5.97 Å². The molecular formula is C11H13ClN4O3. The van der Waals surface area contributed by atoms with Gasteiger partial charge in [0, 0.05) is 13.0 Å². The molecule has 0 fully saturated rings. The zero-order valence-electron chi connectivity index (χ0n) is 10.3. The van der Waals surface area contributed by atoms with Crippen LogP contribution in [0, 0.1) is 5.92 Å². The van der Waals surface area contributed by atoms with Crippen LogP contribution in [0.5, 0.6) is 0 Å². The fraction of sp³-hybridized carbons (Fsp3) is 0.455. The Hall–Kier alpha value is -1.89. The van der Waals surface area contributed by atoms with E-state index in [-0.39, 0.29) is 17.6 Å². The smallest absolute Gasteiger partial charge is 0.303 e. The summed E-state index contributed by atoms with van der Waals surface area (Å²) in [5.41, 5.74) is 0. The SMILES string of the molecule is CCC(CC(=O)O)Cn1nnnc1-c1ccc(Cl)o1. The van der Waals surface area contributed by atoms with Gasteiger partial charge in [-0.1, -0.05) is 13.3 Å². The predicted octanol–water partition coefficient (Wildman–Crippen LogP) is 2.09. The Balaban J connectivity index is 2.17. The molecule has 0 saturated carbocycles. The Labute approximate surface area is 114 Å². The van der Waals surface area contributed by atoms with Crippen molar-refractivity contribution >= 4 is 17.6 Å². The number of hydrogen-bond acceptors (Lipinski definition) is 5. The van der Waals surface area contributed by atoms with E-state index in [1.54, 1.807) is 12.1 Å². The molecule has 0 aliphatic heterocycles. The highest BCUT2D eigenvalue weighted by molar-refractivity contribution is 6.28. The van der Waals surface area contributed by atoms with Crippen molar-refractivity contribution < 1.29 is 14.3 Å². The molecule has 0 bridgehead atoms. The second-order valence-corrected chi connectivity index (χ2v) is 4.53. The number of rotatable bonds is 6. The topological polar surface area (TPSA) is 94.0 Å². The molecule has 0 amide bonds. The summed E-state index contributed by atoms with van der Waals surface area (Å²) in [7, 11) is 0. The van der Waals surface area contributed by atoms with Crippen LogP contribution in [0.25, 0.3) is 11.6 Å². The minimum absolute atomic E-state index is 0.0369. The zero-order valence-corrected chi connectivity index (χ0v) is 11.0. The van der Waals surface area contributed by atoms with Crippen LogP contribution in [-0.4, -0.2) is 31.3 Å². The van der Waals surface area contributed by atoms with Crippen LogP contribution >= 0.6 is 11.6 Å². The first-order chi connectivity index (χ1) is 9.10. The summed E-state index contributed by atoms with van der Waals surface area (Å²) in [5.74, 6) is 0.0311. The molecule has 19 heavy (non-hydrogen) atoms. The van der Waals surface area contributed by atoms with Crippen LogP contribution in [0.3, 0.4) is 0 Å². The molecule has 2 aromatic heterocycles. The maximum Gasteiger partial charge on any atom is 0.303 e. The van der Waals surface area contributed by atoms with Gasteiger partial charge in [0.1, 0.15) is 0 Å². The molecule has 102 valence electrons. The molecule has 1 unspecified atom stereocenters. The quantitative estimate of drug-likeness (QED) is 0.873. The number of carboxylic acid groups (broad SMARTS) is 1. The summed E-state index contributed by atoms with van der Waals surface area (Å²) < 4.78 is 6.78. The molecule has 2 aromatic rings. The highest BCUT2D eigenvalue weighted by Gasteiger charge is 2.18. The number of hydrogen-bond donors (Lipinski definition) is 1. The van der Waals surface area contributed by atoms with E-state index >= 15 is 0 Å². The van der Waals surface area contributed by atoms with Gasteiger partial charge in [-0.05, 0) is 40.1 Å². The van der Waals surface area contributed by atoms with Gasteiger partial charge in [-0.2, -0.15) is 0 Å². The van der Waals surface area contributed by atoms with Gasteiger partial charge in [-0.25, -0.2) is 4.68 Å². The Bertz CT molecular complexity index is 566. The largest absolute Gasteiger partial charge is 0.481 e. The molecule has 1 N–H and O–H groups in total. The minimum Gasteiger partial charge on any atom is -0.481 e. The fourth-order valence-corrected chi connectivity index (χ4v) is 1.91. The zero-order chi connectivity index (χ0) is 13.8. The van der Waals surface area contributed by atoms with E-state index < -0.39 is 5.97 Å². The molecule has 0 spiro atoms. The minimum atomic E-state index is -0.831. The van der Waals surface area contributed by atoms with Crippen molar-refractivity contribution in [1.29, 1.82) is 0 Å². The van der Waals surface area contributed by atoms with Crippen molar-refractivity contribution in [1.82, 2.24) is 20.2 Å². The first-order valence-corrected chi connectivity index (χ1v) is 6.21. The molecular weight excluding hydrogens is 272 g/mol. The molecule has 8 heteroatoms. The lowest BCUT2D eigenvalue weighted by Crippen LogP contribution is -2.16. The van der Waals surface area contributed by atoms with Gasteiger partial charge in [0.2, 0.25) is 5.82 Å². The van der Waals surface area contributed by atoms with Gasteiger partial charge in [0.15, 0.2) is 11.0 Å². The average Bonchev–Trinajstić information content (AvgIpc) is 2.96. The van der Waals surface area contributed by atoms with Crippen LogP contribution in [-0.2, 0) is 11.3 Å². The van der Waals surface area contributed by atoms with Gasteiger partial charge < -0.3 is 9.52 Å². The van der Waals surface area contributed by atoms with Crippen LogP contribution in [0.2, 0.25) is 5.22 Å². The number of aliphatic carboxylic acids is 1. The molecule has 0 aliphatic carbocycles. The number of halogens is 1. The number of carboxylic acids is 1. The maximum absolute atomic E-state index is 10.8. The van der Waals surface area contributed by atoms with Crippen LogP contribution < -0.4 is 0 Å². The number of furan rings is 1. The lowest BCUT2D eigenvalue weighted by atomic mass is 10.0. The van der Waals surface area contributed by atoms with E-state index in [1.807, 2.05) is 6.92 Å². The van der Waals surface area contributed by atoms with Crippen molar-refractivity contribution in [2.75, 3.05) is 0 Å². The molecule has 2 heterocycles. The highest BCUT2D eigenvalue weighted by Crippen LogP contribution is 2.23. The van der Waals surface area contributed by atoms with E-state index in [9.17, 15) is 4.79 Å². The maximum atomic E-state index is 10.8. The molecule has 0 radical (unpaired) electrons. The highest BCUT2D eigenvalue weighted by atomic mass is 35.5. The summed E-state index contributed by atoms with van der Waals surface area (Å²) in [5, 5.41) is 20.4. The van der Waals surface area contributed by atoms with Crippen molar-refractivity contribution in [3.63, 3.8) is 0 Å². The van der Waals surface area contributed by atoms with Crippen molar-refractivity contribution in [3.05, 3.63) is 17.4 Å². The Morgan fingerprint density at radius 3 is 2.95 bits per heavy atom. The summed E-state index contributed by atoms with van der Waals surface area (Å²) in [6.07, 6.45) is 0.805. The third-order valence-corrected chi connectivity index (χ3v) is 3.00. The van der Waals surface area contributed by atoms with Gasteiger partial charge in [-0.3, -0.25) is 4.79 Å². The fourth-order valence-electron chi connectivity index (χ4n) is 1.77. The van der Waals surface area contributed by atoms with Crippen LogP contribution in [0.15, 0.2) is 16.5 Å². The third-order valence-electron chi connectivity index (χ3n) is 2.80. The molecule has 1 atom stereocenters.